The topological polar surface area (TPSA) is 103 Å². The lowest BCUT2D eigenvalue weighted by Crippen LogP contribution is -2.14. The molecule has 1 aromatic carbocycles. The summed E-state index contributed by atoms with van der Waals surface area (Å²) >= 11 is 8.85. The summed E-state index contributed by atoms with van der Waals surface area (Å²) in [5.74, 6) is 1.32. The summed E-state index contributed by atoms with van der Waals surface area (Å²) in [6.07, 6.45) is 3.35. The number of nitro groups is 1. The minimum absolute atomic E-state index is 0.0223. The van der Waals surface area contributed by atoms with Gasteiger partial charge in [0.2, 0.25) is 5.91 Å². The highest BCUT2D eigenvalue weighted by molar-refractivity contribution is 7.99. The summed E-state index contributed by atoms with van der Waals surface area (Å²) in [7, 11) is 1.90. The average Bonchev–Trinajstić information content (AvgIpc) is 3.30. The van der Waals surface area contributed by atoms with Crippen LogP contribution in [0.2, 0.25) is 5.02 Å². The van der Waals surface area contributed by atoms with Crippen molar-refractivity contribution in [3.05, 3.63) is 49.2 Å². The zero-order chi connectivity index (χ0) is 22.1. The van der Waals surface area contributed by atoms with Crippen molar-refractivity contribution in [3.8, 4) is 11.4 Å². The number of amides is 1. The van der Waals surface area contributed by atoms with E-state index in [0.717, 1.165) is 24.2 Å². The first kappa shape index (κ1) is 21.8. The van der Waals surface area contributed by atoms with E-state index in [0.29, 0.717) is 16.8 Å². The zero-order valence-corrected chi connectivity index (χ0v) is 19.3. The van der Waals surface area contributed by atoms with Gasteiger partial charge in [0.1, 0.15) is 5.02 Å². The predicted octanol–water partition coefficient (Wildman–Crippen LogP) is 4.96. The molecule has 162 valence electrons. The first-order valence-electron chi connectivity index (χ1n) is 9.69. The SMILES string of the molecule is CC1CCc2c(-c3nnc(SCC(=O)Nc4ccc(Cl)c([N+](=O)[O-])c4)n3C)csc2C1. The molecule has 8 nitrogen and oxygen atoms in total. The molecule has 0 bridgehead atoms. The number of nitro benzene ring substituents is 1. The van der Waals surface area contributed by atoms with Crippen LogP contribution in [0, 0.1) is 16.0 Å². The number of carbonyl (C=O) groups excluding carboxylic acids is 1. The molecule has 0 saturated carbocycles. The minimum atomic E-state index is -0.586. The van der Waals surface area contributed by atoms with Crippen molar-refractivity contribution in [3.63, 3.8) is 0 Å². The quantitative estimate of drug-likeness (QED) is 0.305. The summed E-state index contributed by atoms with van der Waals surface area (Å²) in [6.45, 7) is 2.28. The van der Waals surface area contributed by atoms with E-state index < -0.39 is 4.92 Å². The molecule has 0 radical (unpaired) electrons. The number of thiophene rings is 1. The van der Waals surface area contributed by atoms with Crippen LogP contribution in [0.1, 0.15) is 23.8 Å². The van der Waals surface area contributed by atoms with Gasteiger partial charge in [0.15, 0.2) is 11.0 Å². The van der Waals surface area contributed by atoms with Gasteiger partial charge in [0.25, 0.3) is 5.69 Å². The number of carbonyl (C=O) groups is 1. The lowest BCUT2D eigenvalue weighted by molar-refractivity contribution is -0.384. The molecule has 1 N–H and O–H groups in total. The number of benzene rings is 1. The summed E-state index contributed by atoms with van der Waals surface area (Å²) < 4.78 is 1.91. The normalized spacial score (nSPS) is 15.5. The molecule has 1 amide bonds. The van der Waals surface area contributed by atoms with Crippen LogP contribution in [0.25, 0.3) is 11.4 Å². The standard InChI is InChI=1S/C20H20ClN5O3S2/c1-11-3-5-13-14(9-30-17(13)7-11)19-23-24-20(25(19)2)31-10-18(27)22-12-4-6-15(21)16(8-12)26(28)29/h4,6,8-9,11H,3,5,7,10H2,1-2H3,(H,22,27). The molecule has 0 fully saturated rings. The number of nitrogens with zero attached hydrogens (tertiary/aromatic N) is 4. The molecular formula is C20H20ClN5O3S2. The number of halogens is 1. The highest BCUT2D eigenvalue weighted by Gasteiger charge is 2.24. The Kier molecular flexibility index (Phi) is 6.31. The molecule has 2 heterocycles. The molecule has 1 atom stereocenters. The maximum Gasteiger partial charge on any atom is 0.289 e. The van der Waals surface area contributed by atoms with E-state index in [-0.39, 0.29) is 22.4 Å². The van der Waals surface area contributed by atoms with Crippen LogP contribution in [0.3, 0.4) is 0 Å². The van der Waals surface area contributed by atoms with Gasteiger partial charge in [-0.2, -0.15) is 0 Å². The van der Waals surface area contributed by atoms with E-state index in [4.69, 9.17) is 11.6 Å². The van der Waals surface area contributed by atoms with E-state index in [2.05, 4.69) is 27.8 Å². The molecule has 11 heteroatoms. The van der Waals surface area contributed by atoms with Gasteiger partial charge >= 0.3 is 0 Å². The number of rotatable bonds is 6. The smallest absolute Gasteiger partial charge is 0.289 e. The molecule has 4 rings (SSSR count). The van der Waals surface area contributed by atoms with E-state index in [1.807, 2.05) is 11.6 Å². The van der Waals surface area contributed by atoms with E-state index in [9.17, 15) is 14.9 Å². The predicted molar refractivity (Wildman–Crippen MR) is 123 cm³/mol. The van der Waals surface area contributed by atoms with Gasteiger partial charge in [-0.15, -0.1) is 21.5 Å². The molecule has 1 aliphatic carbocycles. The molecule has 1 unspecified atom stereocenters. The molecule has 2 aromatic heterocycles. The first-order chi connectivity index (χ1) is 14.8. The van der Waals surface area contributed by atoms with Gasteiger partial charge in [0.05, 0.1) is 10.7 Å². The Bertz CT molecular complexity index is 1160. The Labute approximate surface area is 192 Å². The van der Waals surface area contributed by atoms with Crippen molar-refractivity contribution in [1.29, 1.82) is 0 Å². The number of hydrogen-bond donors (Lipinski definition) is 1. The molecule has 3 aromatic rings. The van der Waals surface area contributed by atoms with Gasteiger partial charge in [-0.05, 0) is 42.9 Å². The van der Waals surface area contributed by atoms with Crippen molar-refractivity contribution >= 4 is 52.0 Å². The third-order valence-corrected chi connectivity index (χ3v) is 7.63. The van der Waals surface area contributed by atoms with Crippen LogP contribution in [0.15, 0.2) is 28.7 Å². The second-order valence-electron chi connectivity index (χ2n) is 7.52. The fraction of sp³-hybridized carbons (Fsp3) is 0.350. The lowest BCUT2D eigenvalue weighted by atomic mass is 9.88. The molecule has 1 aliphatic rings. The Morgan fingerprint density at radius 2 is 2.26 bits per heavy atom. The van der Waals surface area contributed by atoms with Crippen LogP contribution in [-0.2, 0) is 24.7 Å². The summed E-state index contributed by atoms with van der Waals surface area (Å²) in [5.41, 5.74) is 2.57. The van der Waals surface area contributed by atoms with Crippen molar-refractivity contribution < 1.29 is 9.72 Å². The average molecular weight is 478 g/mol. The molecular weight excluding hydrogens is 458 g/mol. The Hall–Kier alpha value is -2.43. The number of anilines is 1. The van der Waals surface area contributed by atoms with Crippen molar-refractivity contribution in [2.24, 2.45) is 13.0 Å². The number of fused-ring (bicyclic) bond motifs is 1. The molecule has 0 aliphatic heterocycles. The highest BCUT2D eigenvalue weighted by atomic mass is 35.5. The minimum Gasteiger partial charge on any atom is -0.325 e. The number of hydrogen-bond acceptors (Lipinski definition) is 7. The fourth-order valence-corrected chi connectivity index (χ4v) is 5.74. The maximum absolute atomic E-state index is 12.3. The lowest BCUT2D eigenvalue weighted by Gasteiger charge is -2.18. The largest absolute Gasteiger partial charge is 0.325 e. The Balaban J connectivity index is 1.43. The van der Waals surface area contributed by atoms with Gasteiger partial charge in [-0.3, -0.25) is 14.9 Å². The third kappa shape index (κ3) is 4.60. The maximum atomic E-state index is 12.3. The van der Waals surface area contributed by atoms with Crippen molar-refractivity contribution in [2.45, 2.75) is 31.3 Å². The number of nitrogens with one attached hydrogen (secondary N) is 1. The van der Waals surface area contributed by atoms with Crippen LogP contribution >= 0.6 is 34.7 Å². The second kappa shape index (κ2) is 8.97. The van der Waals surface area contributed by atoms with Crippen LogP contribution < -0.4 is 5.32 Å². The second-order valence-corrected chi connectivity index (χ2v) is 9.84. The first-order valence-corrected chi connectivity index (χ1v) is 11.9. The van der Waals surface area contributed by atoms with E-state index in [1.54, 1.807) is 11.3 Å². The highest BCUT2D eigenvalue weighted by Crippen LogP contribution is 2.38. The van der Waals surface area contributed by atoms with Gasteiger partial charge < -0.3 is 9.88 Å². The summed E-state index contributed by atoms with van der Waals surface area (Å²) in [6, 6.07) is 4.16. The molecule has 0 spiro atoms. The summed E-state index contributed by atoms with van der Waals surface area (Å²) in [5, 5.41) is 25.1. The van der Waals surface area contributed by atoms with Crippen LogP contribution in [-0.4, -0.2) is 31.3 Å². The van der Waals surface area contributed by atoms with E-state index in [1.165, 1.54) is 46.8 Å². The van der Waals surface area contributed by atoms with Crippen molar-refractivity contribution in [2.75, 3.05) is 11.1 Å². The summed E-state index contributed by atoms with van der Waals surface area (Å²) in [4.78, 5) is 24.2. The Morgan fingerprint density at radius 1 is 1.45 bits per heavy atom. The van der Waals surface area contributed by atoms with Crippen LogP contribution in [0.5, 0.6) is 0 Å². The molecule has 0 saturated heterocycles. The van der Waals surface area contributed by atoms with Crippen LogP contribution in [0.4, 0.5) is 11.4 Å². The zero-order valence-electron chi connectivity index (χ0n) is 16.9. The van der Waals surface area contributed by atoms with Gasteiger partial charge in [-0.25, -0.2) is 0 Å². The molecule has 31 heavy (non-hydrogen) atoms. The van der Waals surface area contributed by atoms with E-state index >= 15 is 0 Å². The van der Waals surface area contributed by atoms with Gasteiger partial charge in [-0.1, -0.05) is 30.3 Å². The number of thioether (sulfide) groups is 1. The fourth-order valence-electron chi connectivity index (χ4n) is 3.60. The third-order valence-electron chi connectivity index (χ3n) is 5.24. The van der Waals surface area contributed by atoms with Gasteiger partial charge in [0, 0.05) is 34.6 Å². The Morgan fingerprint density at radius 3 is 3.03 bits per heavy atom. The van der Waals surface area contributed by atoms with Crippen molar-refractivity contribution in [1.82, 2.24) is 14.8 Å². The number of aromatic nitrogens is 3. The monoisotopic (exact) mass is 477 g/mol.